The van der Waals surface area contributed by atoms with Crippen LogP contribution in [-0.4, -0.2) is 36.9 Å². The summed E-state index contributed by atoms with van der Waals surface area (Å²) >= 11 is 3.43. The van der Waals surface area contributed by atoms with E-state index in [-0.39, 0.29) is 0 Å². The average Bonchev–Trinajstić information content (AvgIpc) is 3.98. The Morgan fingerprint density at radius 1 is 0.469 bits per heavy atom. The van der Waals surface area contributed by atoms with E-state index >= 15 is 0 Å². The third kappa shape index (κ3) is 6.11. The lowest BCUT2D eigenvalue weighted by atomic mass is 9.98. The van der Waals surface area contributed by atoms with Gasteiger partial charge in [-0.25, -0.2) is 20.0 Å². The minimum absolute atomic E-state index is 0.858. The van der Waals surface area contributed by atoms with E-state index in [0.717, 1.165) is 66.5 Å². The zero-order valence-corrected chi connectivity index (χ0v) is 28.6. The van der Waals surface area contributed by atoms with Crippen LogP contribution < -0.4 is 5.32 Å². The van der Waals surface area contributed by atoms with Gasteiger partial charge < -0.3 is 5.32 Å². The largest absolute Gasteiger partial charge is 0.323 e. The van der Waals surface area contributed by atoms with Crippen LogP contribution in [0.2, 0.25) is 0 Å². The number of allylic oxidation sites excluding steroid dienone is 12. The maximum atomic E-state index is 5.12. The molecule has 0 unspecified atom stereocenters. The minimum Gasteiger partial charge on any atom is -0.323 e. The van der Waals surface area contributed by atoms with E-state index in [9.17, 15) is 0 Å². The number of aliphatic imine (C=N–C) groups is 4. The first-order valence-electron chi connectivity index (χ1n) is 16.0. The van der Waals surface area contributed by atoms with Gasteiger partial charge in [-0.15, -0.1) is 22.7 Å². The molecule has 0 spiro atoms. The first-order valence-corrected chi connectivity index (χ1v) is 17.8. The number of benzene rings is 2. The Balaban J connectivity index is 0.00000112. The molecule has 0 saturated heterocycles. The van der Waals surface area contributed by atoms with Crippen LogP contribution in [0.3, 0.4) is 0 Å². The van der Waals surface area contributed by atoms with Crippen LogP contribution in [0, 0.1) is 0 Å². The van der Waals surface area contributed by atoms with Crippen molar-refractivity contribution in [2.45, 2.75) is 0 Å². The van der Waals surface area contributed by atoms with Crippen molar-refractivity contribution in [3.8, 4) is 22.3 Å². The predicted molar refractivity (Wildman–Crippen MR) is 211 cm³/mol. The molecule has 0 saturated carbocycles. The molecular weight excluding hydrogens is 639 g/mol. The van der Waals surface area contributed by atoms with E-state index in [0.29, 0.717) is 0 Å². The van der Waals surface area contributed by atoms with Crippen LogP contribution in [0.4, 0.5) is 0 Å². The summed E-state index contributed by atoms with van der Waals surface area (Å²) in [6, 6.07) is 25.4. The maximum absolute atomic E-state index is 5.12. The molecule has 0 amide bonds. The molecule has 4 aromatic rings. The number of rotatable bonds is 4. The quantitative estimate of drug-likeness (QED) is 0.231. The van der Waals surface area contributed by atoms with Crippen molar-refractivity contribution in [3.63, 3.8) is 0 Å². The minimum atomic E-state index is 0.858. The van der Waals surface area contributed by atoms with Gasteiger partial charge in [0.1, 0.15) is 0 Å². The van der Waals surface area contributed by atoms with E-state index < -0.39 is 0 Å². The highest BCUT2D eigenvalue weighted by molar-refractivity contribution is 7.12. The highest BCUT2D eigenvalue weighted by Gasteiger charge is 2.25. The molecule has 8 bridgehead atoms. The zero-order valence-electron chi connectivity index (χ0n) is 27.0. The summed E-state index contributed by atoms with van der Waals surface area (Å²) in [7, 11) is 3.75. The monoisotopic (exact) mass is 669 g/mol. The molecule has 9 rings (SSSR count). The molecule has 7 heteroatoms. The van der Waals surface area contributed by atoms with Crippen LogP contribution >= 0.6 is 22.7 Å². The van der Waals surface area contributed by atoms with E-state index in [1.165, 1.54) is 22.3 Å². The van der Waals surface area contributed by atoms with Crippen LogP contribution in [0.15, 0.2) is 187 Å². The molecule has 7 heterocycles. The van der Waals surface area contributed by atoms with Crippen molar-refractivity contribution in [2.75, 3.05) is 14.1 Å². The molecule has 49 heavy (non-hydrogen) atoms. The first kappa shape index (κ1) is 30.7. The fourth-order valence-electron chi connectivity index (χ4n) is 6.12. The van der Waals surface area contributed by atoms with Gasteiger partial charge in [-0.2, -0.15) is 0 Å². The fraction of sp³-hybridized carbons (Fsp3) is 0.0476. The summed E-state index contributed by atoms with van der Waals surface area (Å²) in [6.07, 6.45) is 20.7. The molecule has 5 aliphatic rings. The van der Waals surface area contributed by atoms with Gasteiger partial charge in [0.2, 0.25) is 0 Å². The third-order valence-corrected chi connectivity index (χ3v) is 10.1. The Bertz CT molecular complexity index is 2180. The van der Waals surface area contributed by atoms with Gasteiger partial charge in [0, 0.05) is 32.0 Å². The van der Waals surface area contributed by atoms with E-state index in [1.807, 2.05) is 26.2 Å². The third-order valence-electron chi connectivity index (χ3n) is 8.22. The van der Waals surface area contributed by atoms with E-state index in [2.05, 4.69) is 138 Å². The van der Waals surface area contributed by atoms with Gasteiger partial charge in [-0.05, 0) is 109 Å². The summed E-state index contributed by atoms with van der Waals surface area (Å²) in [4.78, 5) is 22.8. The second kappa shape index (κ2) is 13.5. The van der Waals surface area contributed by atoms with Gasteiger partial charge >= 0.3 is 0 Å². The lowest BCUT2D eigenvalue weighted by Crippen LogP contribution is -2.00. The molecule has 0 fully saturated rings. The van der Waals surface area contributed by atoms with Gasteiger partial charge in [0.25, 0.3) is 0 Å². The number of nitrogens with one attached hydrogen (secondary N) is 1. The molecule has 5 aliphatic heterocycles. The van der Waals surface area contributed by atoms with Crippen LogP contribution in [0.1, 0.15) is 9.75 Å². The molecule has 0 radical (unpaired) electrons. The smallest absolute Gasteiger partial charge is 0.0746 e. The standard InChI is InChI=1S/C40H24N4S2.C2H7N/c1-3-7-25(8-4-1)31-19-21-45-39(31)37-33-15-11-27(41-33)23-29-13-17-35(43-29)38(40-32(20-22-46-40)26-9-5-2-6-10-26)36-18-14-30(44-36)24-28-12-16-34(37)42-28;1-3-2/h1-24H;3H,1-2H3. The molecule has 1 N–H and O–H groups in total. The normalized spacial score (nSPS) is 17.1. The van der Waals surface area contributed by atoms with Gasteiger partial charge in [-0.1, -0.05) is 60.7 Å². The predicted octanol–water partition coefficient (Wildman–Crippen LogP) is 9.93. The number of hydrogen-bond acceptors (Lipinski definition) is 7. The highest BCUT2D eigenvalue weighted by Crippen LogP contribution is 2.41. The number of fused-ring (bicyclic) bond motifs is 4. The highest BCUT2D eigenvalue weighted by atomic mass is 32.1. The summed E-state index contributed by atoms with van der Waals surface area (Å²) in [5, 5.41) is 7.04. The van der Waals surface area contributed by atoms with Gasteiger partial charge in [0.05, 0.1) is 45.6 Å². The molecule has 0 aliphatic carbocycles. The Kier molecular flexibility index (Phi) is 8.46. The SMILES string of the molecule is C1=CC2=NC1=CC1=NC(=C(c3sccc3-c3ccccc3)C3=NC(=CC4=NC(=C2c2sccc2-c2ccccc2)C=C4)C=C3)C=C1.CNC. The molecule has 0 atom stereocenters. The summed E-state index contributed by atoms with van der Waals surface area (Å²) in [5.41, 5.74) is 13.7. The lowest BCUT2D eigenvalue weighted by Gasteiger charge is -2.10. The van der Waals surface area contributed by atoms with Crippen molar-refractivity contribution < 1.29 is 0 Å². The van der Waals surface area contributed by atoms with E-state index in [4.69, 9.17) is 20.0 Å². The molecule has 5 nitrogen and oxygen atoms in total. The Hall–Kier alpha value is -5.60. The molecule has 2 aromatic carbocycles. The Labute approximate surface area is 294 Å². The summed E-state index contributed by atoms with van der Waals surface area (Å²) < 4.78 is 0. The maximum Gasteiger partial charge on any atom is 0.0746 e. The van der Waals surface area contributed by atoms with Crippen LogP contribution in [-0.2, 0) is 0 Å². The second-order valence-corrected chi connectivity index (χ2v) is 13.5. The van der Waals surface area contributed by atoms with Crippen molar-refractivity contribution in [1.82, 2.24) is 5.32 Å². The topological polar surface area (TPSA) is 61.5 Å². The zero-order chi connectivity index (χ0) is 33.2. The average molecular weight is 670 g/mol. The summed E-state index contributed by atoms with van der Waals surface area (Å²) in [5.74, 6) is 0. The van der Waals surface area contributed by atoms with Crippen molar-refractivity contribution in [1.29, 1.82) is 0 Å². The lowest BCUT2D eigenvalue weighted by molar-refractivity contribution is 1.02. The number of hydrogen-bond donors (Lipinski definition) is 1. The molecule has 2 aromatic heterocycles. The van der Waals surface area contributed by atoms with Gasteiger partial charge in [-0.3, -0.25) is 0 Å². The van der Waals surface area contributed by atoms with Crippen molar-refractivity contribution in [2.24, 2.45) is 20.0 Å². The molecule has 236 valence electrons. The van der Waals surface area contributed by atoms with Crippen LogP contribution in [0.5, 0.6) is 0 Å². The first-order chi connectivity index (χ1) is 24.2. The summed E-state index contributed by atoms with van der Waals surface area (Å²) in [6.45, 7) is 0. The Morgan fingerprint density at radius 3 is 1.33 bits per heavy atom. The van der Waals surface area contributed by atoms with Gasteiger partial charge in [0.15, 0.2) is 0 Å². The Morgan fingerprint density at radius 2 is 0.898 bits per heavy atom. The number of thiophene rings is 2. The van der Waals surface area contributed by atoms with E-state index in [1.54, 1.807) is 22.7 Å². The fourth-order valence-corrected chi connectivity index (χ4v) is 8.08. The van der Waals surface area contributed by atoms with Crippen molar-refractivity contribution >= 4 is 56.7 Å². The number of nitrogens with zero attached hydrogens (tertiary/aromatic N) is 4. The second-order valence-electron chi connectivity index (χ2n) is 11.6. The van der Waals surface area contributed by atoms with Crippen LogP contribution in [0.25, 0.3) is 33.4 Å². The molecular formula is C42H31N5S2. The van der Waals surface area contributed by atoms with Crippen molar-refractivity contribution in [3.05, 3.63) is 177 Å².